The monoisotopic (exact) mass is 864 g/mol. The standard InChI is InChI=1S/C56H97NO5/c1-4-7-10-13-16-19-21-23-25-27-28-30-32-34-37-40-43-46-49-56(61)62-52(47-44-41-38-36-33-31-29-26-24-22-20-17-14-11-8-5-2)50-55(60)57-53(51-58)54(59)48-45-42-39-35-18-15-12-9-6-3/h11,14,17,20,22,24-31,33,52-54,58-59H,4-10,12-13,15-16,18-19,21,23,32,34-51H2,1-3H3,(H,57,60)/b14-11+,20-17+,24-22+,27-25+,29-26+,30-28+,33-31+. The third-order valence-electron chi connectivity index (χ3n) is 11.3. The second-order valence-corrected chi connectivity index (χ2v) is 17.4. The van der Waals surface area contributed by atoms with Gasteiger partial charge in [0, 0.05) is 6.42 Å². The smallest absolute Gasteiger partial charge is 0.306 e. The summed E-state index contributed by atoms with van der Waals surface area (Å²) >= 11 is 0. The van der Waals surface area contributed by atoms with Gasteiger partial charge in [0.15, 0.2) is 0 Å². The topological polar surface area (TPSA) is 95.9 Å². The number of aliphatic hydroxyl groups is 2. The van der Waals surface area contributed by atoms with Crippen molar-refractivity contribution in [2.24, 2.45) is 0 Å². The molecule has 0 aliphatic heterocycles. The number of rotatable bonds is 45. The van der Waals surface area contributed by atoms with Crippen molar-refractivity contribution in [3.05, 3.63) is 85.1 Å². The molecular weight excluding hydrogens is 767 g/mol. The third kappa shape index (κ3) is 43.7. The van der Waals surface area contributed by atoms with Crippen LogP contribution in [0.25, 0.3) is 0 Å². The lowest BCUT2D eigenvalue weighted by Crippen LogP contribution is -2.46. The number of hydrogen-bond donors (Lipinski definition) is 3. The molecule has 0 radical (unpaired) electrons. The zero-order valence-electron chi connectivity index (χ0n) is 40.5. The number of nitrogens with one attached hydrogen (secondary N) is 1. The van der Waals surface area contributed by atoms with Crippen LogP contribution in [0.5, 0.6) is 0 Å². The number of aliphatic hydroxyl groups excluding tert-OH is 2. The normalized spacial score (nSPS) is 14.0. The molecule has 0 fully saturated rings. The summed E-state index contributed by atoms with van der Waals surface area (Å²) in [6, 6.07) is -0.722. The number of ether oxygens (including phenoxy) is 1. The van der Waals surface area contributed by atoms with E-state index in [2.05, 4.69) is 74.7 Å². The van der Waals surface area contributed by atoms with Crippen molar-refractivity contribution in [2.45, 2.75) is 251 Å². The molecule has 3 atom stereocenters. The Bertz CT molecular complexity index is 1200. The third-order valence-corrected chi connectivity index (χ3v) is 11.3. The maximum Gasteiger partial charge on any atom is 0.306 e. The van der Waals surface area contributed by atoms with Gasteiger partial charge in [-0.15, -0.1) is 0 Å². The van der Waals surface area contributed by atoms with Crippen LogP contribution in [-0.2, 0) is 14.3 Å². The molecule has 0 bridgehead atoms. The summed E-state index contributed by atoms with van der Waals surface area (Å²) in [6.07, 6.45) is 63.5. The van der Waals surface area contributed by atoms with Crippen molar-refractivity contribution in [1.29, 1.82) is 0 Å². The largest absolute Gasteiger partial charge is 0.462 e. The van der Waals surface area contributed by atoms with Gasteiger partial charge >= 0.3 is 5.97 Å². The van der Waals surface area contributed by atoms with Gasteiger partial charge in [-0.1, -0.05) is 234 Å². The van der Waals surface area contributed by atoms with Crippen LogP contribution < -0.4 is 5.32 Å². The zero-order chi connectivity index (χ0) is 45.2. The molecule has 356 valence electrons. The van der Waals surface area contributed by atoms with Gasteiger partial charge in [0.05, 0.1) is 25.2 Å². The van der Waals surface area contributed by atoms with Crippen LogP contribution in [0, 0.1) is 0 Å². The first-order chi connectivity index (χ1) is 30.5. The van der Waals surface area contributed by atoms with Crippen LogP contribution in [0.1, 0.15) is 233 Å². The van der Waals surface area contributed by atoms with Gasteiger partial charge in [-0.2, -0.15) is 0 Å². The summed E-state index contributed by atoms with van der Waals surface area (Å²) in [5.41, 5.74) is 0. The molecule has 0 heterocycles. The van der Waals surface area contributed by atoms with Gasteiger partial charge in [0.1, 0.15) is 6.10 Å². The summed E-state index contributed by atoms with van der Waals surface area (Å²) in [7, 11) is 0. The summed E-state index contributed by atoms with van der Waals surface area (Å²) in [5.74, 6) is -0.539. The van der Waals surface area contributed by atoms with Crippen molar-refractivity contribution in [2.75, 3.05) is 6.61 Å². The van der Waals surface area contributed by atoms with E-state index in [1.54, 1.807) is 0 Å². The van der Waals surface area contributed by atoms with Crippen LogP contribution in [0.2, 0.25) is 0 Å². The molecule has 3 N–H and O–H groups in total. The minimum Gasteiger partial charge on any atom is -0.462 e. The quantitative estimate of drug-likeness (QED) is 0.0322. The lowest BCUT2D eigenvalue weighted by molar-refractivity contribution is -0.151. The molecule has 3 unspecified atom stereocenters. The van der Waals surface area contributed by atoms with E-state index in [9.17, 15) is 19.8 Å². The van der Waals surface area contributed by atoms with E-state index in [0.29, 0.717) is 19.3 Å². The first-order valence-corrected chi connectivity index (χ1v) is 25.9. The Kier molecular flexibility index (Phi) is 46.7. The molecule has 0 aliphatic rings. The Morgan fingerprint density at radius 2 is 0.855 bits per heavy atom. The van der Waals surface area contributed by atoms with Crippen LogP contribution >= 0.6 is 0 Å². The lowest BCUT2D eigenvalue weighted by Gasteiger charge is -2.24. The second-order valence-electron chi connectivity index (χ2n) is 17.4. The fourth-order valence-corrected chi connectivity index (χ4v) is 7.39. The number of carbonyl (C=O) groups excluding carboxylic acids is 2. The highest BCUT2D eigenvalue weighted by molar-refractivity contribution is 5.77. The molecule has 0 aromatic carbocycles. The van der Waals surface area contributed by atoms with E-state index in [1.165, 1.54) is 96.3 Å². The predicted octanol–water partition coefficient (Wildman–Crippen LogP) is 15.6. The molecule has 0 saturated carbocycles. The molecule has 0 aromatic rings. The van der Waals surface area contributed by atoms with Crippen LogP contribution in [0.4, 0.5) is 0 Å². The Morgan fingerprint density at radius 1 is 0.468 bits per heavy atom. The molecule has 62 heavy (non-hydrogen) atoms. The van der Waals surface area contributed by atoms with E-state index in [-0.39, 0.29) is 24.9 Å². The number of allylic oxidation sites excluding steroid dienone is 14. The number of hydrogen-bond acceptors (Lipinski definition) is 5. The highest BCUT2D eigenvalue weighted by Crippen LogP contribution is 2.17. The summed E-state index contributed by atoms with van der Waals surface area (Å²) in [5, 5.41) is 23.7. The van der Waals surface area contributed by atoms with Gasteiger partial charge in [-0.3, -0.25) is 9.59 Å². The zero-order valence-corrected chi connectivity index (χ0v) is 40.5. The Hall–Kier alpha value is -2.96. The SMILES string of the molecule is CCC/C=C/C=C/C=C/C=C/C=C/CCCCCC(CC(=O)NC(CO)C(O)CCCCCCCCCCC)OC(=O)CCCCCCC/C=C/C=C/CCCCCCCCC. The van der Waals surface area contributed by atoms with E-state index >= 15 is 0 Å². The predicted molar refractivity (Wildman–Crippen MR) is 268 cm³/mol. The second kappa shape index (κ2) is 49.1. The van der Waals surface area contributed by atoms with Gasteiger partial charge in [-0.25, -0.2) is 0 Å². The average Bonchev–Trinajstić information content (AvgIpc) is 3.26. The van der Waals surface area contributed by atoms with Gasteiger partial charge in [0.2, 0.25) is 5.91 Å². The summed E-state index contributed by atoms with van der Waals surface area (Å²) in [6.45, 7) is 6.35. The van der Waals surface area contributed by atoms with Crippen molar-refractivity contribution in [3.8, 4) is 0 Å². The number of amides is 1. The fraction of sp³-hybridized carbons (Fsp3) is 0.714. The highest BCUT2D eigenvalue weighted by atomic mass is 16.5. The first-order valence-electron chi connectivity index (χ1n) is 25.9. The number of unbranched alkanes of at least 4 members (excludes halogenated alkanes) is 24. The van der Waals surface area contributed by atoms with Crippen molar-refractivity contribution >= 4 is 11.9 Å². The minimum atomic E-state index is -0.805. The van der Waals surface area contributed by atoms with Crippen molar-refractivity contribution < 1.29 is 24.5 Å². The van der Waals surface area contributed by atoms with E-state index in [4.69, 9.17) is 4.74 Å². The first kappa shape index (κ1) is 59.0. The van der Waals surface area contributed by atoms with E-state index in [0.717, 1.165) is 89.9 Å². The van der Waals surface area contributed by atoms with E-state index < -0.39 is 18.2 Å². The van der Waals surface area contributed by atoms with Gasteiger partial charge in [0.25, 0.3) is 0 Å². The highest BCUT2D eigenvalue weighted by Gasteiger charge is 2.24. The van der Waals surface area contributed by atoms with Crippen LogP contribution in [0.3, 0.4) is 0 Å². The van der Waals surface area contributed by atoms with Crippen LogP contribution in [0.15, 0.2) is 85.1 Å². The lowest BCUT2D eigenvalue weighted by atomic mass is 10.0. The Balaban J connectivity index is 4.70. The molecule has 6 nitrogen and oxygen atoms in total. The molecule has 0 saturated heterocycles. The molecular formula is C56H97NO5. The molecule has 0 aliphatic carbocycles. The van der Waals surface area contributed by atoms with E-state index in [1.807, 2.05) is 36.5 Å². The Morgan fingerprint density at radius 3 is 1.34 bits per heavy atom. The number of esters is 1. The molecule has 0 aromatic heterocycles. The molecule has 0 spiro atoms. The Labute approximate surface area is 383 Å². The average molecular weight is 864 g/mol. The van der Waals surface area contributed by atoms with Gasteiger partial charge in [-0.05, 0) is 70.6 Å². The summed E-state index contributed by atoms with van der Waals surface area (Å²) in [4.78, 5) is 26.1. The van der Waals surface area contributed by atoms with Crippen LogP contribution in [-0.4, -0.2) is 46.9 Å². The van der Waals surface area contributed by atoms with Gasteiger partial charge < -0.3 is 20.3 Å². The summed E-state index contributed by atoms with van der Waals surface area (Å²) < 4.78 is 5.91. The molecule has 1 amide bonds. The molecule has 0 rings (SSSR count). The minimum absolute atomic E-state index is 0.0389. The maximum atomic E-state index is 13.2. The number of carbonyl (C=O) groups is 2. The maximum absolute atomic E-state index is 13.2. The molecule has 6 heteroatoms. The fourth-order valence-electron chi connectivity index (χ4n) is 7.39. The van der Waals surface area contributed by atoms with Crippen molar-refractivity contribution in [1.82, 2.24) is 5.32 Å². The van der Waals surface area contributed by atoms with Crippen molar-refractivity contribution in [3.63, 3.8) is 0 Å².